The molecule has 1 atom stereocenters. The van der Waals surface area contributed by atoms with Crippen molar-refractivity contribution in [3.8, 4) is 0 Å². The zero-order valence-corrected chi connectivity index (χ0v) is 18.0. The number of carbonyl (C=O) groups is 1. The number of likely N-dealkylation sites (N-methyl/N-ethyl adjacent to an activating group) is 1. The fourth-order valence-corrected chi connectivity index (χ4v) is 4.85. The van der Waals surface area contributed by atoms with E-state index in [-0.39, 0.29) is 11.9 Å². The molecule has 1 amide bonds. The van der Waals surface area contributed by atoms with E-state index in [4.69, 9.17) is 4.74 Å². The Morgan fingerprint density at radius 3 is 2.71 bits per heavy atom. The summed E-state index contributed by atoms with van der Waals surface area (Å²) in [5.74, 6) is -0.0176. The van der Waals surface area contributed by atoms with Crippen LogP contribution in [0.4, 0.5) is 5.69 Å². The summed E-state index contributed by atoms with van der Waals surface area (Å²) in [5, 5.41) is 5.31. The number of amides is 1. The first-order valence-corrected chi connectivity index (χ1v) is 11.1. The Labute approximate surface area is 183 Å². The summed E-state index contributed by atoms with van der Waals surface area (Å²) in [7, 11) is 2.15. The number of rotatable bonds is 5. The van der Waals surface area contributed by atoms with Crippen molar-refractivity contribution in [3.05, 3.63) is 77.4 Å². The summed E-state index contributed by atoms with van der Waals surface area (Å²) in [6.45, 7) is 4.88. The lowest BCUT2D eigenvalue weighted by atomic mass is 10.00. The smallest absolute Gasteiger partial charge is 0.251 e. The molecule has 1 fully saturated rings. The van der Waals surface area contributed by atoms with E-state index in [9.17, 15) is 4.79 Å². The Bertz CT molecular complexity index is 1090. The SMILES string of the molecule is CN1CCc2cc(C(CNC(=O)c3cccc4ccccc34)N3CCOCC3)ccc21. The topological polar surface area (TPSA) is 44.8 Å². The molecule has 5 nitrogen and oxygen atoms in total. The summed E-state index contributed by atoms with van der Waals surface area (Å²) in [6, 6.07) is 20.9. The summed E-state index contributed by atoms with van der Waals surface area (Å²) in [6.07, 6.45) is 1.08. The summed E-state index contributed by atoms with van der Waals surface area (Å²) in [5.41, 5.74) is 4.73. The van der Waals surface area contributed by atoms with Gasteiger partial charge in [0.15, 0.2) is 0 Å². The molecule has 0 radical (unpaired) electrons. The second kappa shape index (κ2) is 8.69. The van der Waals surface area contributed by atoms with Crippen molar-refractivity contribution in [2.24, 2.45) is 0 Å². The van der Waals surface area contributed by atoms with Crippen LogP contribution in [0.5, 0.6) is 0 Å². The Kier molecular flexibility index (Phi) is 5.62. The highest BCUT2D eigenvalue weighted by Crippen LogP contribution is 2.31. The fourth-order valence-electron chi connectivity index (χ4n) is 4.85. The highest BCUT2D eigenvalue weighted by Gasteiger charge is 2.25. The average Bonchev–Trinajstić information content (AvgIpc) is 3.19. The minimum absolute atomic E-state index is 0.0176. The van der Waals surface area contributed by atoms with Gasteiger partial charge in [0.1, 0.15) is 0 Å². The van der Waals surface area contributed by atoms with Gasteiger partial charge in [0.2, 0.25) is 0 Å². The number of morpholine rings is 1. The van der Waals surface area contributed by atoms with Gasteiger partial charge in [-0.3, -0.25) is 9.69 Å². The maximum Gasteiger partial charge on any atom is 0.251 e. The lowest BCUT2D eigenvalue weighted by Gasteiger charge is -2.35. The van der Waals surface area contributed by atoms with Gasteiger partial charge in [0.05, 0.1) is 19.3 Å². The van der Waals surface area contributed by atoms with E-state index in [2.05, 4.69) is 40.4 Å². The van der Waals surface area contributed by atoms with Gasteiger partial charge in [-0.25, -0.2) is 0 Å². The molecule has 1 saturated heterocycles. The fraction of sp³-hybridized carbons (Fsp3) is 0.346. The van der Waals surface area contributed by atoms with Crippen LogP contribution in [0.3, 0.4) is 0 Å². The van der Waals surface area contributed by atoms with Crippen molar-refractivity contribution in [2.45, 2.75) is 12.5 Å². The predicted octanol–water partition coefficient (Wildman–Crippen LogP) is 3.64. The number of hydrogen-bond donors (Lipinski definition) is 1. The minimum atomic E-state index is -0.0176. The third-order valence-electron chi connectivity index (χ3n) is 6.59. The van der Waals surface area contributed by atoms with E-state index >= 15 is 0 Å². The van der Waals surface area contributed by atoms with Crippen LogP contribution in [0.1, 0.15) is 27.5 Å². The van der Waals surface area contributed by atoms with E-state index < -0.39 is 0 Å². The lowest BCUT2D eigenvalue weighted by Crippen LogP contribution is -2.43. The van der Waals surface area contributed by atoms with Crippen LogP contribution in [0.25, 0.3) is 10.8 Å². The van der Waals surface area contributed by atoms with Crippen molar-refractivity contribution in [3.63, 3.8) is 0 Å². The number of carbonyl (C=O) groups excluding carboxylic acids is 1. The lowest BCUT2D eigenvalue weighted by molar-refractivity contribution is 0.0162. The average molecular weight is 416 g/mol. The van der Waals surface area contributed by atoms with Crippen molar-refractivity contribution in [1.29, 1.82) is 0 Å². The van der Waals surface area contributed by atoms with Crippen molar-refractivity contribution in [2.75, 3.05) is 51.3 Å². The molecule has 0 saturated carbocycles. The predicted molar refractivity (Wildman–Crippen MR) is 125 cm³/mol. The molecule has 1 N–H and O–H groups in total. The summed E-state index contributed by atoms with van der Waals surface area (Å²) in [4.78, 5) is 17.9. The van der Waals surface area contributed by atoms with Gasteiger partial charge in [-0.1, -0.05) is 48.5 Å². The number of benzene rings is 3. The van der Waals surface area contributed by atoms with Gasteiger partial charge in [0, 0.05) is 44.5 Å². The second-order valence-corrected chi connectivity index (χ2v) is 8.46. The zero-order valence-electron chi connectivity index (χ0n) is 18.0. The van der Waals surface area contributed by atoms with Gasteiger partial charge in [0.25, 0.3) is 5.91 Å². The number of nitrogens with one attached hydrogen (secondary N) is 1. The first-order valence-electron chi connectivity index (χ1n) is 11.1. The Morgan fingerprint density at radius 1 is 1.03 bits per heavy atom. The normalized spacial score (nSPS) is 17.5. The summed E-state index contributed by atoms with van der Waals surface area (Å²) >= 11 is 0. The van der Waals surface area contributed by atoms with Crippen molar-refractivity contribution >= 4 is 22.4 Å². The maximum atomic E-state index is 13.1. The molecular formula is C26H29N3O2. The maximum absolute atomic E-state index is 13.1. The molecule has 2 heterocycles. The first kappa shape index (κ1) is 20.0. The number of hydrogen-bond acceptors (Lipinski definition) is 4. The standard InChI is InChI=1S/C26H29N3O2/c1-28-12-11-21-17-20(9-10-24(21)28)25(29-13-15-31-16-14-29)18-27-26(30)23-8-4-6-19-5-2-3-7-22(19)23/h2-10,17,25H,11-16,18H2,1H3,(H,27,30). The highest BCUT2D eigenvalue weighted by molar-refractivity contribution is 6.07. The van der Waals surface area contributed by atoms with Crippen molar-refractivity contribution < 1.29 is 9.53 Å². The number of fused-ring (bicyclic) bond motifs is 2. The summed E-state index contributed by atoms with van der Waals surface area (Å²) < 4.78 is 5.58. The molecule has 2 aliphatic heterocycles. The van der Waals surface area contributed by atoms with Gasteiger partial charge >= 0.3 is 0 Å². The second-order valence-electron chi connectivity index (χ2n) is 8.46. The van der Waals surface area contributed by atoms with E-state index in [1.165, 1.54) is 16.8 Å². The van der Waals surface area contributed by atoms with Crippen LogP contribution < -0.4 is 10.2 Å². The van der Waals surface area contributed by atoms with E-state index in [0.717, 1.165) is 55.6 Å². The Hall–Kier alpha value is -2.89. The van der Waals surface area contributed by atoms with Crippen LogP contribution in [0.15, 0.2) is 60.7 Å². The molecule has 1 unspecified atom stereocenters. The van der Waals surface area contributed by atoms with Crippen LogP contribution in [0, 0.1) is 0 Å². The molecule has 0 aliphatic carbocycles. The van der Waals surface area contributed by atoms with Crippen LogP contribution in [-0.2, 0) is 11.2 Å². The van der Waals surface area contributed by atoms with Gasteiger partial charge < -0.3 is 15.0 Å². The largest absolute Gasteiger partial charge is 0.379 e. The number of anilines is 1. The molecule has 5 rings (SSSR count). The van der Waals surface area contributed by atoms with Crippen LogP contribution >= 0.6 is 0 Å². The molecule has 31 heavy (non-hydrogen) atoms. The third-order valence-corrected chi connectivity index (χ3v) is 6.59. The van der Waals surface area contributed by atoms with Gasteiger partial charge in [-0.15, -0.1) is 0 Å². The van der Waals surface area contributed by atoms with Gasteiger partial charge in [-0.2, -0.15) is 0 Å². The zero-order chi connectivity index (χ0) is 21.2. The molecule has 160 valence electrons. The molecule has 3 aromatic rings. The monoisotopic (exact) mass is 415 g/mol. The third kappa shape index (κ3) is 4.03. The Morgan fingerprint density at radius 2 is 1.84 bits per heavy atom. The molecule has 0 aromatic heterocycles. The minimum Gasteiger partial charge on any atom is -0.379 e. The molecule has 0 bridgehead atoms. The van der Waals surface area contributed by atoms with Gasteiger partial charge in [-0.05, 0) is 40.5 Å². The van der Waals surface area contributed by atoms with Crippen molar-refractivity contribution in [1.82, 2.24) is 10.2 Å². The molecule has 5 heteroatoms. The first-order chi connectivity index (χ1) is 15.2. The van der Waals surface area contributed by atoms with E-state index in [1.807, 2.05) is 42.5 Å². The van der Waals surface area contributed by atoms with E-state index in [1.54, 1.807) is 0 Å². The molecular weight excluding hydrogens is 386 g/mol. The number of ether oxygens (including phenoxy) is 1. The highest BCUT2D eigenvalue weighted by atomic mass is 16.5. The molecule has 2 aliphatic rings. The number of nitrogens with zero attached hydrogens (tertiary/aromatic N) is 2. The molecule has 0 spiro atoms. The molecule has 3 aromatic carbocycles. The van der Waals surface area contributed by atoms with Crippen LogP contribution in [-0.4, -0.2) is 57.2 Å². The Balaban J connectivity index is 1.39. The van der Waals surface area contributed by atoms with E-state index in [0.29, 0.717) is 6.54 Å². The quantitative estimate of drug-likeness (QED) is 0.691. The van der Waals surface area contributed by atoms with Crippen LogP contribution in [0.2, 0.25) is 0 Å².